The molecule has 0 aliphatic carbocycles. The number of rotatable bonds is 3. The van der Waals surface area contributed by atoms with Crippen LogP contribution < -0.4 is 5.32 Å². The first-order valence-corrected chi connectivity index (χ1v) is 6.48. The Hall–Kier alpha value is -1.52. The van der Waals surface area contributed by atoms with Crippen LogP contribution in [0.4, 0.5) is 5.69 Å². The molecule has 0 atom stereocenters. The first-order chi connectivity index (χ1) is 8.33. The molecule has 0 fully saturated rings. The van der Waals surface area contributed by atoms with E-state index >= 15 is 0 Å². The summed E-state index contributed by atoms with van der Waals surface area (Å²) in [7, 11) is 0. The zero-order chi connectivity index (χ0) is 11.7. The number of hydrogen-bond donors (Lipinski definition) is 1. The van der Waals surface area contributed by atoms with Crippen LogP contribution in [0.1, 0.15) is 5.69 Å². The number of aromatic nitrogens is 2. The van der Waals surface area contributed by atoms with E-state index in [1.807, 2.05) is 46.4 Å². The molecule has 17 heavy (non-hydrogen) atoms. The van der Waals surface area contributed by atoms with E-state index in [1.54, 1.807) is 11.3 Å². The number of thiazole rings is 1. The molecule has 0 spiro atoms. The Morgan fingerprint density at radius 1 is 1.35 bits per heavy atom. The van der Waals surface area contributed by atoms with Crippen molar-refractivity contribution in [3.63, 3.8) is 0 Å². The molecule has 86 valence electrons. The highest BCUT2D eigenvalue weighted by molar-refractivity contribution is 7.15. The fourth-order valence-corrected chi connectivity index (χ4v) is 2.57. The van der Waals surface area contributed by atoms with Gasteiger partial charge in [-0.25, -0.2) is 4.98 Å². The topological polar surface area (TPSA) is 29.3 Å². The average molecular weight is 264 g/mol. The van der Waals surface area contributed by atoms with Gasteiger partial charge in [-0.1, -0.05) is 23.7 Å². The molecule has 3 rings (SSSR count). The molecule has 0 aliphatic heterocycles. The fourth-order valence-electron chi connectivity index (χ4n) is 1.65. The molecule has 2 heterocycles. The summed E-state index contributed by atoms with van der Waals surface area (Å²) in [4.78, 5) is 5.51. The number of imidazole rings is 1. The summed E-state index contributed by atoms with van der Waals surface area (Å²) in [6.45, 7) is 0.679. The van der Waals surface area contributed by atoms with Crippen molar-refractivity contribution in [3.05, 3.63) is 52.8 Å². The molecule has 0 saturated heterocycles. The molecule has 2 aromatic heterocycles. The summed E-state index contributed by atoms with van der Waals surface area (Å²) >= 11 is 7.69. The van der Waals surface area contributed by atoms with Crippen molar-refractivity contribution in [1.82, 2.24) is 9.38 Å². The van der Waals surface area contributed by atoms with Crippen LogP contribution in [-0.2, 0) is 6.54 Å². The molecule has 0 saturated carbocycles. The molecular weight excluding hydrogens is 254 g/mol. The highest BCUT2D eigenvalue weighted by Crippen LogP contribution is 2.21. The summed E-state index contributed by atoms with van der Waals surface area (Å²) in [6, 6.07) is 7.70. The molecule has 1 aromatic carbocycles. The summed E-state index contributed by atoms with van der Waals surface area (Å²) in [5.74, 6) is 0. The maximum Gasteiger partial charge on any atom is 0.193 e. The third-order valence-electron chi connectivity index (χ3n) is 2.48. The predicted octanol–water partition coefficient (Wildman–Crippen LogP) is 3.66. The first kappa shape index (κ1) is 10.6. The van der Waals surface area contributed by atoms with Crippen molar-refractivity contribution in [1.29, 1.82) is 0 Å². The van der Waals surface area contributed by atoms with Gasteiger partial charge in [0.2, 0.25) is 0 Å². The van der Waals surface area contributed by atoms with Crippen molar-refractivity contribution < 1.29 is 0 Å². The van der Waals surface area contributed by atoms with Crippen LogP contribution in [0.15, 0.2) is 42.0 Å². The lowest BCUT2D eigenvalue weighted by Gasteiger charge is -2.05. The maximum atomic E-state index is 6.06. The van der Waals surface area contributed by atoms with Crippen LogP contribution in [0.5, 0.6) is 0 Å². The molecule has 3 aromatic rings. The van der Waals surface area contributed by atoms with Gasteiger partial charge in [-0.2, -0.15) is 0 Å². The molecule has 0 unspecified atom stereocenters. The van der Waals surface area contributed by atoms with Crippen molar-refractivity contribution in [2.75, 3.05) is 5.32 Å². The molecule has 0 bridgehead atoms. The van der Waals surface area contributed by atoms with Gasteiger partial charge in [0.1, 0.15) is 0 Å². The van der Waals surface area contributed by atoms with Crippen LogP contribution in [0.25, 0.3) is 4.96 Å². The van der Waals surface area contributed by atoms with Crippen molar-refractivity contribution in [2.45, 2.75) is 6.54 Å². The van der Waals surface area contributed by atoms with Gasteiger partial charge in [0.15, 0.2) is 4.96 Å². The molecule has 0 aliphatic rings. The normalized spacial score (nSPS) is 10.9. The summed E-state index contributed by atoms with van der Waals surface area (Å²) in [5, 5.41) is 6.03. The van der Waals surface area contributed by atoms with E-state index in [4.69, 9.17) is 11.6 Å². The molecule has 5 heteroatoms. The lowest BCUT2D eigenvalue weighted by Crippen LogP contribution is -1.99. The van der Waals surface area contributed by atoms with Crippen LogP contribution in [0.2, 0.25) is 5.02 Å². The summed E-state index contributed by atoms with van der Waals surface area (Å²) < 4.78 is 2.02. The number of anilines is 1. The Labute approximate surface area is 108 Å². The highest BCUT2D eigenvalue weighted by atomic mass is 35.5. The lowest BCUT2D eigenvalue weighted by molar-refractivity contribution is 1.08. The Bertz CT molecular complexity index is 615. The van der Waals surface area contributed by atoms with Crippen molar-refractivity contribution in [2.24, 2.45) is 0 Å². The second-order valence-electron chi connectivity index (χ2n) is 3.66. The number of benzene rings is 1. The average Bonchev–Trinajstić information content (AvgIpc) is 2.88. The van der Waals surface area contributed by atoms with Gasteiger partial charge in [0.05, 0.1) is 22.9 Å². The minimum Gasteiger partial charge on any atom is -0.378 e. The van der Waals surface area contributed by atoms with Crippen molar-refractivity contribution >= 4 is 33.6 Å². The third-order valence-corrected chi connectivity index (χ3v) is 3.58. The monoisotopic (exact) mass is 263 g/mol. The third kappa shape index (κ3) is 2.14. The number of nitrogens with zero attached hydrogens (tertiary/aromatic N) is 2. The highest BCUT2D eigenvalue weighted by Gasteiger charge is 2.03. The van der Waals surface area contributed by atoms with Crippen LogP contribution in [0.3, 0.4) is 0 Å². The molecular formula is C12H10ClN3S. The predicted molar refractivity (Wildman–Crippen MR) is 71.8 cm³/mol. The Morgan fingerprint density at radius 2 is 2.24 bits per heavy atom. The Morgan fingerprint density at radius 3 is 3.06 bits per heavy atom. The second-order valence-corrected chi connectivity index (χ2v) is 4.94. The van der Waals surface area contributed by atoms with Gasteiger partial charge in [-0.15, -0.1) is 11.3 Å². The van der Waals surface area contributed by atoms with E-state index in [0.29, 0.717) is 6.54 Å². The largest absolute Gasteiger partial charge is 0.378 e. The summed E-state index contributed by atoms with van der Waals surface area (Å²) in [6.07, 6.45) is 4.03. The van der Waals surface area contributed by atoms with E-state index in [-0.39, 0.29) is 0 Å². The van der Waals surface area contributed by atoms with Crippen molar-refractivity contribution in [3.8, 4) is 0 Å². The standard InChI is InChI=1S/C12H10ClN3S/c13-10-3-1-2-4-11(10)14-7-9-8-16-5-6-17-12(16)15-9/h1-6,8,14H,7H2. The van der Waals surface area contributed by atoms with E-state index in [1.165, 1.54) is 0 Å². The van der Waals surface area contributed by atoms with Crippen LogP contribution >= 0.6 is 22.9 Å². The number of hydrogen-bond acceptors (Lipinski definition) is 3. The Kier molecular flexibility index (Phi) is 2.74. The van der Waals surface area contributed by atoms with E-state index in [9.17, 15) is 0 Å². The van der Waals surface area contributed by atoms with Crippen LogP contribution in [0, 0.1) is 0 Å². The van der Waals surface area contributed by atoms with Gasteiger partial charge >= 0.3 is 0 Å². The van der Waals surface area contributed by atoms with Gasteiger partial charge in [0, 0.05) is 17.8 Å². The van der Waals surface area contributed by atoms with E-state index < -0.39 is 0 Å². The molecule has 0 radical (unpaired) electrons. The number of halogens is 1. The molecule has 3 nitrogen and oxygen atoms in total. The van der Waals surface area contributed by atoms with Crippen LogP contribution in [-0.4, -0.2) is 9.38 Å². The van der Waals surface area contributed by atoms with E-state index in [0.717, 1.165) is 21.4 Å². The number of nitrogens with one attached hydrogen (secondary N) is 1. The quantitative estimate of drug-likeness (QED) is 0.781. The van der Waals surface area contributed by atoms with Gasteiger partial charge < -0.3 is 5.32 Å². The summed E-state index contributed by atoms with van der Waals surface area (Å²) in [5.41, 5.74) is 1.95. The fraction of sp³-hybridized carbons (Fsp3) is 0.0833. The zero-order valence-electron chi connectivity index (χ0n) is 8.93. The zero-order valence-corrected chi connectivity index (χ0v) is 10.5. The second kappa shape index (κ2) is 4.39. The Balaban J connectivity index is 1.76. The minimum absolute atomic E-state index is 0.679. The lowest BCUT2D eigenvalue weighted by atomic mass is 10.3. The smallest absolute Gasteiger partial charge is 0.193 e. The number of para-hydroxylation sites is 1. The maximum absolute atomic E-state index is 6.06. The van der Waals surface area contributed by atoms with Gasteiger partial charge in [-0.3, -0.25) is 4.40 Å². The number of fused-ring (bicyclic) bond motifs is 1. The van der Waals surface area contributed by atoms with Gasteiger partial charge in [-0.05, 0) is 12.1 Å². The minimum atomic E-state index is 0.679. The molecule has 1 N–H and O–H groups in total. The van der Waals surface area contributed by atoms with Gasteiger partial charge in [0.25, 0.3) is 0 Å². The molecule has 0 amide bonds. The van der Waals surface area contributed by atoms with E-state index in [2.05, 4.69) is 10.3 Å². The first-order valence-electron chi connectivity index (χ1n) is 5.22. The SMILES string of the molecule is Clc1ccccc1NCc1cn2ccsc2n1.